The molecule has 2 aromatic rings. The van der Waals surface area contributed by atoms with Crippen LogP contribution in [0.3, 0.4) is 0 Å². The van der Waals surface area contributed by atoms with Crippen LogP contribution < -0.4 is 10.5 Å². The topological polar surface area (TPSA) is 35.2 Å². The zero-order chi connectivity index (χ0) is 12.4. The van der Waals surface area contributed by atoms with Crippen molar-refractivity contribution in [1.82, 2.24) is 0 Å². The number of nitrogens with two attached hydrogens (primary N) is 1. The SMILES string of the molecule is Cc1cc(Oc2ccc(N)cc2I)ccc1Br. The molecular formula is C13H11BrINO. The number of nitrogen functional groups attached to an aromatic ring is 1. The molecule has 17 heavy (non-hydrogen) atoms. The Balaban J connectivity index is 2.28. The lowest BCUT2D eigenvalue weighted by atomic mass is 10.2. The molecule has 0 radical (unpaired) electrons. The number of hydrogen-bond acceptors (Lipinski definition) is 2. The molecule has 0 aliphatic rings. The molecule has 0 saturated heterocycles. The first kappa shape index (κ1) is 12.7. The third kappa shape index (κ3) is 3.13. The standard InChI is InChI=1S/C13H11BrINO/c1-8-6-10(3-4-11(8)14)17-13-5-2-9(16)7-12(13)15/h2-7H,16H2,1H3. The maximum absolute atomic E-state index is 5.82. The van der Waals surface area contributed by atoms with Gasteiger partial charge in [0.2, 0.25) is 0 Å². The maximum Gasteiger partial charge on any atom is 0.140 e. The van der Waals surface area contributed by atoms with E-state index in [4.69, 9.17) is 10.5 Å². The van der Waals surface area contributed by atoms with E-state index in [9.17, 15) is 0 Å². The zero-order valence-corrected chi connectivity index (χ0v) is 12.9. The van der Waals surface area contributed by atoms with E-state index in [1.807, 2.05) is 43.3 Å². The van der Waals surface area contributed by atoms with Crippen LogP contribution >= 0.6 is 38.5 Å². The summed E-state index contributed by atoms with van der Waals surface area (Å²) >= 11 is 5.68. The van der Waals surface area contributed by atoms with Crippen LogP contribution in [0.15, 0.2) is 40.9 Å². The fourth-order valence-electron chi connectivity index (χ4n) is 1.41. The Kier molecular flexibility index (Phi) is 3.93. The molecular weight excluding hydrogens is 393 g/mol. The van der Waals surface area contributed by atoms with E-state index in [-0.39, 0.29) is 0 Å². The van der Waals surface area contributed by atoms with Gasteiger partial charge in [-0.2, -0.15) is 0 Å². The van der Waals surface area contributed by atoms with Crippen LogP contribution in [0.5, 0.6) is 11.5 Å². The monoisotopic (exact) mass is 403 g/mol. The third-order valence-electron chi connectivity index (χ3n) is 2.31. The average Bonchev–Trinajstić information content (AvgIpc) is 2.27. The largest absolute Gasteiger partial charge is 0.456 e. The summed E-state index contributed by atoms with van der Waals surface area (Å²) in [4.78, 5) is 0. The van der Waals surface area contributed by atoms with Crippen molar-refractivity contribution in [3.8, 4) is 11.5 Å². The summed E-state index contributed by atoms with van der Waals surface area (Å²) in [7, 11) is 0. The first-order valence-electron chi connectivity index (χ1n) is 5.05. The van der Waals surface area contributed by atoms with Crippen LogP contribution in [-0.2, 0) is 0 Å². The number of ether oxygens (including phenoxy) is 1. The van der Waals surface area contributed by atoms with Crippen molar-refractivity contribution in [2.24, 2.45) is 0 Å². The second-order valence-corrected chi connectivity index (χ2v) is 5.72. The van der Waals surface area contributed by atoms with Crippen LogP contribution in [0.2, 0.25) is 0 Å². The smallest absolute Gasteiger partial charge is 0.140 e. The van der Waals surface area contributed by atoms with Crippen LogP contribution in [0.25, 0.3) is 0 Å². The Morgan fingerprint density at radius 3 is 2.59 bits per heavy atom. The fraction of sp³-hybridized carbons (Fsp3) is 0.0769. The van der Waals surface area contributed by atoms with E-state index in [1.165, 1.54) is 0 Å². The van der Waals surface area contributed by atoms with Crippen LogP contribution in [0.4, 0.5) is 5.69 Å². The molecule has 0 spiro atoms. The second-order valence-electron chi connectivity index (χ2n) is 3.70. The van der Waals surface area contributed by atoms with Crippen LogP contribution in [0.1, 0.15) is 5.56 Å². The van der Waals surface area contributed by atoms with E-state index in [1.54, 1.807) is 0 Å². The molecule has 4 heteroatoms. The van der Waals surface area contributed by atoms with E-state index in [0.29, 0.717) is 0 Å². The molecule has 0 heterocycles. The predicted octanol–water partition coefficient (Wildman–Crippen LogP) is 4.74. The van der Waals surface area contributed by atoms with Crippen molar-refractivity contribution in [2.45, 2.75) is 6.92 Å². The molecule has 2 N–H and O–H groups in total. The van der Waals surface area contributed by atoms with Crippen molar-refractivity contribution in [2.75, 3.05) is 5.73 Å². The van der Waals surface area contributed by atoms with Crippen molar-refractivity contribution < 1.29 is 4.74 Å². The Hall–Kier alpha value is -0.750. The Labute approximate surface area is 122 Å². The summed E-state index contributed by atoms with van der Waals surface area (Å²) in [6, 6.07) is 11.5. The van der Waals surface area contributed by atoms with Gasteiger partial charge in [0.1, 0.15) is 11.5 Å². The molecule has 2 aromatic carbocycles. The lowest BCUT2D eigenvalue weighted by Crippen LogP contribution is -1.91. The molecule has 0 aliphatic carbocycles. The Bertz CT molecular complexity index is 557. The van der Waals surface area contributed by atoms with Gasteiger partial charge < -0.3 is 10.5 Å². The fourth-order valence-corrected chi connectivity index (χ4v) is 2.30. The second kappa shape index (κ2) is 5.27. The van der Waals surface area contributed by atoms with Gasteiger partial charge >= 0.3 is 0 Å². The van der Waals surface area contributed by atoms with Crippen LogP contribution in [0, 0.1) is 10.5 Å². The van der Waals surface area contributed by atoms with Gasteiger partial charge in [0.25, 0.3) is 0 Å². The first-order valence-corrected chi connectivity index (χ1v) is 6.92. The highest BCUT2D eigenvalue weighted by molar-refractivity contribution is 14.1. The van der Waals surface area contributed by atoms with Gasteiger partial charge in [-0.1, -0.05) is 15.9 Å². The molecule has 2 rings (SSSR count). The maximum atomic E-state index is 5.82. The number of rotatable bonds is 2. The van der Waals surface area contributed by atoms with Crippen molar-refractivity contribution in [1.29, 1.82) is 0 Å². The lowest BCUT2D eigenvalue weighted by molar-refractivity contribution is 0.479. The van der Waals surface area contributed by atoms with Gasteiger partial charge in [0, 0.05) is 10.2 Å². The van der Waals surface area contributed by atoms with E-state index in [2.05, 4.69) is 38.5 Å². The Morgan fingerprint density at radius 2 is 1.94 bits per heavy atom. The molecule has 2 nitrogen and oxygen atoms in total. The molecule has 0 unspecified atom stereocenters. The van der Waals surface area contributed by atoms with Gasteiger partial charge in [-0.05, 0) is 71.5 Å². The number of anilines is 1. The number of aryl methyl sites for hydroxylation is 1. The minimum absolute atomic E-state index is 0.744. The molecule has 0 amide bonds. The molecule has 0 bridgehead atoms. The van der Waals surface area contributed by atoms with Gasteiger partial charge in [0.15, 0.2) is 0 Å². The predicted molar refractivity (Wildman–Crippen MR) is 82.5 cm³/mol. The molecule has 0 atom stereocenters. The normalized spacial score (nSPS) is 10.3. The minimum atomic E-state index is 0.744. The molecule has 0 saturated carbocycles. The lowest BCUT2D eigenvalue weighted by Gasteiger charge is -2.09. The molecule has 0 aromatic heterocycles. The summed E-state index contributed by atoms with van der Waals surface area (Å²) < 4.78 is 7.90. The summed E-state index contributed by atoms with van der Waals surface area (Å²) in [6.07, 6.45) is 0. The highest BCUT2D eigenvalue weighted by Crippen LogP contribution is 2.30. The summed E-state index contributed by atoms with van der Waals surface area (Å²) in [6.45, 7) is 2.03. The highest BCUT2D eigenvalue weighted by atomic mass is 127. The highest BCUT2D eigenvalue weighted by Gasteiger charge is 2.04. The van der Waals surface area contributed by atoms with E-state index < -0.39 is 0 Å². The molecule has 88 valence electrons. The first-order chi connectivity index (χ1) is 8.06. The minimum Gasteiger partial charge on any atom is -0.456 e. The van der Waals surface area contributed by atoms with Gasteiger partial charge in [-0.3, -0.25) is 0 Å². The number of halogens is 2. The van der Waals surface area contributed by atoms with Gasteiger partial charge in [-0.15, -0.1) is 0 Å². The van der Waals surface area contributed by atoms with Crippen LogP contribution in [-0.4, -0.2) is 0 Å². The van der Waals surface area contributed by atoms with Gasteiger partial charge in [-0.25, -0.2) is 0 Å². The summed E-state index contributed by atoms with van der Waals surface area (Å²) in [5.41, 5.74) is 7.59. The van der Waals surface area contributed by atoms with E-state index >= 15 is 0 Å². The number of benzene rings is 2. The third-order valence-corrected chi connectivity index (χ3v) is 4.05. The summed E-state index contributed by atoms with van der Waals surface area (Å²) in [5, 5.41) is 0. The molecule has 0 fully saturated rings. The average molecular weight is 404 g/mol. The number of hydrogen-bond donors (Lipinski definition) is 1. The Morgan fingerprint density at radius 1 is 1.18 bits per heavy atom. The van der Waals surface area contributed by atoms with Crippen molar-refractivity contribution in [3.63, 3.8) is 0 Å². The van der Waals surface area contributed by atoms with Crippen molar-refractivity contribution in [3.05, 3.63) is 50.0 Å². The van der Waals surface area contributed by atoms with Crippen molar-refractivity contribution >= 4 is 44.2 Å². The molecule has 0 aliphatic heterocycles. The zero-order valence-electron chi connectivity index (χ0n) is 9.21. The quantitative estimate of drug-likeness (QED) is 0.580. The van der Waals surface area contributed by atoms with E-state index in [0.717, 1.165) is 30.8 Å². The van der Waals surface area contributed by atoms with Gasteiger partial charge in [0.05, 0.1) is 3.57 Å². The summed E-state index contributed by atoms with van der Waals surface area (Å²) in [5.74, 6) is 1.65.